The van der Waals surface area contributed by atoms with Crippen molar-refractivity contribution in [2.24, 2.45) is 7.05 Å². The molecule has 3 heterocycles. The SMILES string of the molecule is COCCN1CCCC(c2cccc(-c3ccnn3C)n2)C1. The molecular weight excluding hydrogens is 276 g/mol. The predicted molar refractivity (Wildman–Crippen MR) is 86.7 cm³/mol. The Labute approximate surface area is 131 Å². The van der Waals surface area contributed by atoms with Crippen LogP contribution in [0.15, 0.2) is 30.5 Å². The topological polar surface area (TPSA) is 43.2 Å². The number of ether oxygens (including phenoxy) is 1. The van der Waals surface area contributed by atoms with Crippen molar-refractivity contribution in [2.45, 2.75) is 18.8 Å². The van der Waals surface area contributed by atoms with E-state index in [2.05, 4.69) is 28.2 Å². The highest BCUT2D eigenvalue weighted by Crippen LogP contribution is 2.27. The number of likely N-dealkylation sites (tertiary alicyclic amines) is 1. The minimum absolute atomic E-state index is 0.513. The van der Waals surface area contributed by atoms with E-state index in [0.29, 0.717) is 5.92 Å². The van der Waals surface area contributed by atoms with E-state index in [1.165, 1.54) is 25.1 Å². The van der Waals surface area contributed by atoms with Crippen molar-refractivity contribution in [3.05, 3.63) is 36.2 Å². The molecule has 22 heavy (non-hydrogen) atoms. The lowest BCUT2D eigenvalue weighted by Gasteiger charge is -2.32. The summed E-state index contributed by atoms with van der Waals surface area (Å²) in [6.07, 6.45) is 4.26. The molecule has 0 aliphatic carbocycles. The Kier molecular flexibility index (Phi) is 4.85. The van der Waals surface area contributed by atoms with Crippen molar-refractivity contribution in [1.29, 1.82) is 0 Å². The van der Waals surface area contributed by atoms with E-state index in [1.807, 2.05) is 24.0 Å². The Balaban J connectivity index is 1.76. The van der Waals surface area contributed by atoms with E-state index in [9.17, 15) is 0 Å². The molecule has 5 nitrogen and oxygen atoms in total. The van der Waals surface area contributed by atoms with Gasteiger partial charge in [0.1, 0.15) is 0 Å². The molecule has 0 amide bonds. The minimum atomic E-state index is 0.513. The van der Waals surface area contributed by atoms with Crippen LogP contribution in [0.1, 0.15) is 24.5 Å². The molecule has 0 spiro atoms. The number of hydrogen-bond acceptors (Lipinski definition) is 4. The average molecular weight is 300 g/mol. The zero-order chi connectivity index (χ0) is 15.4. The van der Waals surface area contributed by atoms with Gasteiger partial charge >= 0.3 is 0 Å². The number of pyridine rings is 1. The summed E-state index contributed by atoms with van der Waals surface area (Å²) in [4.78, 5) is 7.38. The second kappa shape index (κ2) is 7.03. The molecule has 2 aromatic rings. The van der Waals surface area contributed by atoms with Gasteiger partial charge in [0.05, 0.1) is 18.0 Å². The maximum Gasteiger partial charge on any atom is 0.0886 e. The summed E-state index contributed by atoms with van der Waals surface area (Å²) < 4.78 is 7.07. The number of aryl methyl sites for hydroxylation is 1. The van der Waals surface area contributed by atoms with Crippen molar-refractivity contribution < 1.29 is 4.74 Å². The van der Waals surface area contributed by atoms with Crippen LogP contribution in [0.25, 0.3) is 11.4 Å². The highest BCUT2D eigenvalue weighted by Gasteiger charge is 2.22. The van der Waals surface area contributed by atoms with Crippen LogP contribution in [0.2, 0.25) is 0 Å². The van der Waals surface area contributed by atoms with Crippen LogP contribution in [0.3, 0.4) is 0 Å². The first-order chi connectivity index (χ1) is 10.8. The molecule has 0 N–H and O–H groups in total. The van der Waals surface area contributed by atoms with Gasteiger partial charge in [-0.1, -0.05) is 6.07 Å². The van der Waals surface area contributed by atoms with Crippen molar-refractivity contribution in [1.82, 2.24) is 19.7 Å². The van der Waals surface area contributed by atoms with E-state index >= 15 is 0 Å². The molecule has 1 atom stereocenters. The second-order valence-electron chi connectivity index (χ2n) is 5.92. The van der Waals surface area contributed by atoms with Gasteiger partial charge in [0.25, 0.3) is 0 Å². The maximum atomic E-state index is 5.20. The molecule has 0 aromatic carbocycles. The molecule has 1 aliphatic heterocycles. The molecule has 1 unspecified atom stereocenters. The minimum Gasteiger partial charge on any atom is -0.383 e. The maximum absolute atomic E-state index is 5.20. The van der Waals surface area contributed by atoms with Gasteiger partial charge in [-0.3, -0.25) is 9.67 Å². The van der Waals surface area contributed by atoms with E-state index < -0.39 is 0 Å². The lowest BCUT2D eigenvalue weighted by atomic mass is 9.94. The van der Waals surface area contributed by atoms with Crippen LogP contribution in [0, 0.1) is 0 Å². The van der Waals surface area contributed by atoms with Gasteiger partial charge in [-0.05, 0) is 37.6 Å². The van der Waals surface area contributed by atoms with E-state index in [1.54, 1.807) is 7.11 Å². The molecule has 5 heteroatoms. The fraction of sp³-hybridized carbons (Fsp3) is 0.529. The molecule has 2 aromatic heterocycles. The van der Waals surface area contributed by atoms with Crippen molar-refractivity contribution in [3.63, 3.8) is 0 Å². The van der Waals surface area contributed by atoms with Gasteiger partial charge in [-0.2, -0.15) is 5.10 Å². The van der Waals surface area contributed by atoms with Crippen LogP contribution < -0.4 is 0 Å². The molecular formula is C17H24N4O. The Morgan fingerprint density at radius 3 is 3.00 bits per heavy atom. The summed E-state index contributed by atoms with van der Waals surface area (Å²) >= 11 is 0. The van der Waals surface area contributed by atoms with Crippen molar-refractivity contribution in [2.75, 3.05) is 33.4 Å². The Bertz CT molecular complexity index is 610. The van der Waals surface area contributed by atoms with Gasteiger partial charge in [0, 0.05) is 45.1 Å². The highest BCUT2D eigenvalue weighted by atomic mass is 16.5. The van der Waals surface area contributed by atoms with Crippen molar-refractivity contribution >= 4 is 0 Å². The summed E-state index contributed by atoms with van der Waals surface area (Å²) in [6, 6.07) is 8.34. The van der Waals surface area contributed by atoms with Gasteiger partial charge < -0.3 is 9.64 Å². The third-order valence-corrected chi connectivity index (χ3v) is 4.39. The molecule has 118 valence electrons. The third-order valence-electron chi connectivity index (χ3n) is 4.39. The number of methoxy groups -OCH3 is 1. The Hall–Kier alpha value is -1.72. The summed E-state index contributed by atoms with van der Waals surface area (Å²) in [6.45, 7) is 4.05. The van der Waals surface area contributed by atoms with Crippen LogP contribution >= 0.6 is 0 Å². The van der Waals surface area contributed by atoms with Gasteiger partial charge in [-0.15, -0.1) is 0 Å². The molecule has 1 fully saturated rings. The summed E-state index contributed by atoms with van der Waals surface area (Å²) in [5.41, 5.74) is 3.27. The van der Waals surface area contributed by atoms with Crippen LogP contribution in [-0.2, 0) is 11.8 Å². The number of hydrogen-bond donors (Lipinski definition) is 0. The molecule has 0 radical (unpaired) electrons. The van der Waals surface area contributed by atoms with Gasteiger partial charge in [0.2, 0.25) is 0 Å². The molecule has 3 rings (SSSR count). The Morgan fingerprint density at radius 2 is 2.23 bits per heavy atom. The number of aromatic nitrogens is 3. The number of rotatable bonds is 5. The Morgan fingerprint density at radius 1 is 1.32 bits per heavy atom. The predicted octanol–water partition coefficient (Wildman–Crippen LogP) is 2.31. The summed E-state index contributed by atoms with van der Waals surface area (Å²) in [5, 5.41) is 4.24. The first kappa shape index (κ1) is 15.2. The smallest absolute Gasteiger partial charge is 0.0886 e. The van der Waals surface area contributed by atoms with E-state index in [0.717, 1.165) is 31.1 Å². The fourth-order valence-electron chi connectivity index (χ4n) is 3.17. The standard InChI is InChI=1S/C17H24N4O/c1-20-17(8-9-18-20)16-7-3-6-15(19-16)14-5-4-10-21(13-14)11-12-22-2/h3,6-9,14H,4-5,10-13H2,1-2H3. The molecule has 0 saturated carbocycles. The number of nitrogens with zero attached hydrogens (tertiary/aromatic N) is 4. The second-order valence-corrected chi connectivity index (χ2v) is 5.92. The normalized spacial score (nSPS) is 19.5. The monoisotopic (exact) mass is 300 g/mol. The summed E-state index contributed by atoms with van der Waals surface area (Å²) in [5.74, 6) is 0.513. The fourth-order valence-corrected chi connectivity index (χ4v) is 3.17. The van der Waals surface area contributed by atoms with Crippen LogP contribution in [0.4, 0.5) is 0 Å². The molecule has 1 aliphatic rings. The zero-order valence-electron chi connectivity index (χ0n) is 13.4. The zero-order valence-corrected chi connectivity index (χ0v) is 13.4. The lowest BCUT2D eigenvalue weighted by molar-refractivity contribution is 0.127. The molecule has 1 saturated heterocycles. The molecule has 0 bridgehead atoms. The summed E-state index contributed by atoms with van der Waals surface area (Å²) in [7, 11) is 3.72. The third kappa shape index (κ3) is 3.36. The van der Waals surface area contributed by atoms with Crippen LogP contribution in [0.5, 0.6) is 0 Å². The first-order valence-corrected chi connectivity index (χ1v) is 7.94. The van der Waals surface area contributed by atoms with Crippen LogP contribution in [-0.4, -0.2) is 53.0 Å². The average Bonchev–Trinajstić information content (AvgIpc) is 2.99. The van der Waals surface area contributed by atoms with Gasteiger partial charge in [0.15, 0.2) is 0 Å². The van der Waals surface area contributed by atoms with Gasteiger partial charge in [-0.25, -0.2) is 0 Å². The number of piperidine rings is 1. The largest absolute Gasteiger partial charge is 0.383 e. The first-order valence-electron chi connectivity index (χ1n) is 7.94. The lowest BCUT2D eigenvalue weighted by Crippen LogP contribution is -2.36. The quantitative estimate of drug-likeness (QED) is 0.850. The van der Waals surface area contributed by atoms with Crippen molar-refractivity contribution in [3.8, 4) is 11.4 Å². The highest BCUT2D eigenvalue weighted by molar-refractivity contribution is 5.54. The van der Waals surface area contributed by atoms with E-state index in [4.69, 9.17) is 9.72 Å². The van der Waals surface area contributed by atoms with E-state index in [-0.39, 0.29) is 0 Å².